The average Bonchev–Trinajstić information content (AvgIpc) is 3.38. The minimum atomic E-state index is -0.0401. The van der Waals surface area contributed by atoms with Crippen molar-refractivity contribution < 1.29 is 14.1 Å². The van der Waals surface area contributed by atoms with E-state index < -0.39 is 0 Å². The van der Waals surface area contributed by atoms with E-state index in [1.165, 1.54) is 0 Å². The summed E-state index contributed by atoms with van der Waals surface area (Å²) < 4.78 is 11.1. The topological polar surface area (TPSA) is 92.2 Å². The Morgan fingerprint density at radius 2 is 2.09 bits per heavy atom. The number of hydrogen-bond acceptors (Lipinski definition) is 6. The van der Waals surface area contributed by atoms with Crippen molar-refractivity contribution >= 4 is 29.9 Å². The van der Waals surface area contributed by atoms with Crippen molar-refractivity contribution in [1.82, 2.24) is 15.0 Å². The molecule has 0 bridgehead atoms. The van der Waals surface area contributed by atoms with Crippen LogP contribution in [0.3, 0.4) is 0 Å². The van der Waals surface area contributed by atoms with Gasteiger partial charge >= 0.3 is 0 Å². The van der Waals surface area contributed by atoms with Crippen molar-refractivity contribution in [3.05, 3.63) is 52.5 Å². The molecule has 1 aliphatic rings. The maximum atomic E-state index is 11.8. The molecule has 2 aromatic carbocycles. The summed E-state index contributed by atoms with van der Waals surface area (Å²) in [6, 6.07) is 12.8. The Bertz CT molecular complexity index is 1170. The van der Waals surface area contributed by atoms with Gasteiger partial charge in [0.15, 0.2) is 0 Å². The van der Waals surface area contributed by atoms with Crippen molar-refractivity contribution in [3.63, 3.8) is 0 Å². The zero-order valence-electron chi connectivity index (χ0n) is 17.7. The van der Waals surface area contributed by atoms with E-state index in [1.54, 1.807) is 18.2 Å². The van der Waals surface area contributed by atoms with Gasteiger partial charge in [-0.2, -0.15) is 10.2 Å². The van der Waals surface area contributed by atoms with Crippen molar-refractivity contribution in [1.29, 1.82) is 5.26 Å². The van der Waals surface area contributed by atoms with E-state index in [0.29, 0.717) is 46.3 Å². The lowest BCUT2D eigenvalue weighted by Crippen LogP contribution is -2.23. The first kappa shape index (κ1) is 23.6. The summed E-state index contributed by atoms with van der Waals surface area (Å²) in [5, 5.41) is 14.0. The fraction of sp³-hybridized carbons (Fsp3) is 0.304. The number of rotatable bonds is 6. The number of ether oxygens (including phenoxy) is 1. The van der Waals surface area contributed by atoms with E-state index in [4.69, 9.17) is 20.9 Å². The molecule has 1 fully saturated rings. The third-order valence-electron chi connectivity index (χ3n) is 4.95. The van der Waals surface area contributed by atoms with Crippen LogP contribution in [0.25, 0.3) is 22.8 Å². The molecule has 3 aromatic rings. The van der Waals surface area contributed by atoms with Crippen LogP contribution in [-0.4, -0.2) is 33.6 Å². The number of likely N-dealkylation sites (tertiary alicyclic amines) is 1. The number of aromatic nitrogens is 2. The lowest BCUT2D eigenvalue weighted by molar-refractivity contribution is -0.128. The van der Waals surface area contributed by atoms with Crippen LogP contribution in [0.2, 0.25) is 5.02 Å². The number of carbonyl (C=O) groups is 1. The van der Waals surface area contributed by atoms with Crippen LogP contribution in [0.4, 0.5) is 0 Å². The number of nitrogens with zero attached hydrogens (tertiary/aromatic N) is 4. The monoisotopic (exact) mass is 472 g/mol. The highest BCUT2D eigenvalue weighted by atomic mass is 35.5. The van der Waals surface area contributed by atoms with Gasteiger partial charge in [0.1, 0.15) is 11.8 Å². The summed E-state index contributed by atoms with van der Waals surface area (Å²) in [6.45, 7) is 5.12. The van der Waals surface area contributed by atoms with Crippen molar-refractivity contribution in [3.8, 4) is 34.7 Å². The Morgan fingerprint density at radius 3 is 2.75 bits per heavy atom. The lowest BCUT2D eigenvalue weighted by atomic mass is 10.1. The summed E-state index contributed by atoms with van der Waals surface area (Å²) in [5.74, 6) is 1.32. The molecule has 4 rings (SSSR count). The second-order valence-electron chi connectivity index (χ2n) is 7.65. The van der Waals surface area contributed by atoms with E-state index in [-0.39, 0.29) is 30.3 Å². The second kappa shape index (κ2) is 10.0. The van der Waals surface area contributed by atoms with E-state index in [9.17, 15) is 10.1 Å². The Morgan fingerprint density at radius 1 is 1.28 bits per heavy atom. The van der Waals surface area contributed by atoms with Crippen molar-refractivity contribution in [2.75, 3.05) is 6.54 Å². The zero-order valence-corrected chi connectivity index (χ0v) is 19.2. The molecule has 0 unspecified atom stereocenters. The zero-order chi connectivity index (χ0) is 22.0. The van der Waals surface area contributed by atoms with Crippen molar-refractivity contribution in [2.24, 2.45) is 0 Å². The highest BCUT2D eigenvalue weighted by Gasteiger charge is 2.21. The summed E-state index contributed by atoms with van der Waals surface area (Å²) >= 11 is 6.47. The molecule has 1 aromatic heterocycles. The number of hydrogen-bond donors (Lipinski definition) is 0. The lowest BCUT2D eigenvalue weighted by Gasteiger charge is -2.15. The van der Waals surface area contributed by atoms with Gasteiger partial charge < -0.3 is 14.2 Å². The van der Waals surface area contributed by atoms with Gasteiger partial charge in [-0.05, 0) is 56.2 Å². The molecule has 0 saturated carbocycles. The number of nitriles is 1. The molecule has 0 atom stereocenters. The van der Waals surface area contributed by atoms with Crippen LogP contribution in [0, 0.1) is 11.3 Å². The van der Waals surface area contributed by atoms with Crippen LogP contribution in [-0.2, 0) is 11.3 Å². The molecule has 2 heterocycles. The maximum Gasteiger partial charge on any atom is 0.258 e. The van der Waals surface area contributed by atoms with E-state index in [2.05, 4.69) is 16.2 Å². The Hall–Kier alpha value is -3.08. The highest BCUT2D eigenvalue weighted by Crippen LogP contribution is 2.31. The van der Waals surface area contributed by atoms with E-state index in [1.807, 2.05) is 36.9 Å². The highest BCUT2D eigenvalue weighted by molar-refractivity contribution is 6.33. The van der Waals surface area contributed by atoms with Gasteiger partial charge in [0.25, 0.3) is 5.89 Å². The first-order valence-electron chi connectivity index (χ1n) is 10.1. The van der Waals surface area contributed by atoms with Crippen LogP contribution in [0.1, 0.15) is 37.8 Å². The number of halogens is 2. The summed E-state index contributed by atoms with van der Waals surface area (Å²) in [5.41, 5.74) is 2.59. The second-order valence-corrected chi connectivity index (χ2v) is 8.05. The Kier molecular flexibility index (Phi) is 7.39. The molecule has 0 N–H and O–H groups in total. The van der Waals surface area contributed by atoms with Gasteiger partial charge in [-0.3, -0.25) is 4.79 Å². The fourth-order valence-corrected chi connectivity index (χ4v) is 3.77. The first-order chi connectivity index (χ1) is 14.9. The fourth-order valence-electron chi connectivity index (χ4n) is 3.49. The molecule has 9 heteroatoms. The largest absolute Gasteiger partial charge is 0.490 e. The molecular weight excluding hydrogens is 451 g/mol. The molecule has 1 aliphatic heterocycles. The molecule has 32 heavy (non-hydrogen) atoms. The Balaban J connectivity index is 0.00000289. The number of carbonyl (C=O) groups excluding carboxylic acids is 1. The quantitative estimate of drug-likeness (QED) is 0.485. The molecule has 0 aliphatic carbocycles. The minimum absolute atomic E-state index is 0. The SMILES string of the molecule is CC(C)Oc1ccc(-c2nc(-c3ccc(CN4CCCC4=O)cc3Cl)no2)cc1C#N.Cl. The third-order valence-corrected chi connectivity index (χ3v) is 5.27. The standard InChI is InChI=1S/C23H21ClN4O3.ClH/c1-14(2)30-20-8-6-16(11-17(20)12-25)23-26-22(27-31-23)18-7-5-15(10-19(18)24)13-28-9-3-4-21(28)29;/h5-8,10-11,14H,3-4,9,13H2,1-2H3;1H. The van der Waals surface area contributed by atoms with Gasteiger partial charge in [0.2, 0.25) is 11.7 Å². The van der Waals surface area contributed by atoms with E-state index in [0.717, 1.165) is 18.5 Å². The van der Waals surface area contributed by atoms with Gasteiger partial charge in [0, 0.05) is 30.6 Å². The predicted molar refractivity (Wildman–Crippen MR) is 123 cm³/mol. The molecule has 0 radical (unpaired) electrons. The molecule has 0 spiro atoms. The average molecular weight is 473 g/mol. The van der Waals surface area contributed by atoms with Gasteiger partial charge in [-0.1, -0.05) is 22.8 Å². The third kappa shape index (κ3) is 5.04. The smallest absolute Gasteiger partial charge is 0.258 e. The van der Waals surface area contributed by atoms with Crippen LogP contribution >= 0.6 is 24.0 Å². The van der Waals surface area contributed by atoms with Gasteiger partial charge in [-0.25, -0.2) is 0 Å². The summed E-state index contributed by atoms with van der Waals surface area (Å²) in [4.78, 5) is 18.1. The van der Waals surface area contributed by atoms with E-state index >= 15 is 0 Å². The number of benzene rings is 2. The van der Waals surface area contributed by atoms with Crippen LogP contribution in [0.5, 0.6) is 5.75 Å². The van der Waals surface area contributed by atoms with Crippen LogP contribution in [0.15, 0.2) is 40.9 Å². The Labute approximate surface area is 197 Å². The maximum absolute atomic E-state index is 11.8. The molecule has 1 saturated heterocycles. The minimum Gasteiger partial charge on any atom is -0.490 e. The van der Waals surface area contributed by atoms with Crippen LogP contribution < -0.4 is 4.74 Å². The summed E-state index contributed by atoms with van der Waals surface area (Å²) in [7, 11) is 0. The summed E-state index contributed by atoms with van der Waals surface area (Å²) in [6.07, 6.45) is 1.46. The predicted octanol–water partition coefficient (Wildman–Crippen LogP) is 5.26. The van der Waals surface area contributed by atoms with Crippen molar-refractivity contribution in [2.45, 2.75) is 39.3 Å². The number of amides is 1. The van der Waals surface area contributed by atoms with Gasteiger partial charge in [0.05, 0.1) is 16.7 Å². The normalized spacial score (nSPS) is 13.2. The molecule has 1 amide bonds. The van der Waals surface area contributed by atoms with Gasteiger partial charge in [-0.15, -0.1) is 12.4 Å². The first-order valence-corrected chi connectivity index (χ1v) is 10.4. The molecule has 166 valence electrons. The molecule has 7 nitrogen and oxygen atoms in total. The molecular formula is C23H22Cl2N4O3.